The first-order chi connectivity index (χ1) is 6.29. The maximum Gasteiger partial charge on any atom is 0.0750 e. The van der Waals surface area contributed by atoms with Crippen LogP contribution in [0, 0.1) is 23.2 Å². The van der Waals surface area contributed by atoms with Gasteiger partial charge in [-0.25, -0.2) is 0 Å². The minimum Gasteiger partial charge on any atom is -0.392 e. The van der Waals surface area contributed by atoms with E-state index in [1.165, 1.54) is 0 Å². The SMILES string of the molecule is N#C[C@@H]1[C@@H](CCCCCl)CC[C@@H]1O. The van der Waals surface area contributed by atoms with E-state index in [0.717, 1.165) is 32.1 Å². The van der Waals surface area contributed by atoms with Crippen LogP contribution in [0.2, 0.25) is 0 Å². The van der Waals surface area contributed by atoms with Crippen molar-refractivity contribution in [2.75, 3.05) is 5.88 Å². The highest BCUT2D eigenvalue weighted by atomic mass is 35.5. The molecule has 1 N–H and O–H groups in total. The van der Waals surface area contributed by atoms with Gasteiger partial charge >= 0.3 is 0 Å². The van der Waals surface area contributed by atoms with Gasteiger partial charge in [0.25, 0.3) is 0 Å². The van der Waals surface area contributed by atoms with Crippen LogP contribution >= 0.6 is 11.6 Å². The first-order valence-electron chi connectivity index (χ1n) is 4.93. The lowest BCUT2D eigenvalue weighted by molar-refractivity contribution is 0.143. The molecule has 3 heteroatoms. The van der Waals surface area contributed by atoms with Crippen molar-refractivity contribution < 1.29 is 5.11 Å². The quantitative estimate of drug-likeness (QED) is 0.561. The fourth-order valence-electron chi connectivity index (χ4n) is 2.07. The fourth-order valence-corrected chi connectivity index (χ4v) is 2.26. The molecule has 0 aromatic heterocycles. The van der Waals surface area contributed by atoms with Crippen LogP contribution in [0.5, 0.6) is 0 Å². The summed E-state index contributed by atoms with van der Waals surface area (Å²) in [5.74, 6) is 0.977. The summed E-state index contributed by atoms with van der Waals surface area (Å²) >= 11 is 5.57. The number of halogens is 1. The largest absolute Gasteiger partial charge is 0.392 e. The van der Waals surface area contributed by atoms with Crippen molar-refractivity contribution in [3.05, 3.63) is 0 Å². The Morgan fingerprint density at radius 3 is 2.77 bits per heavy atom. The Kier molecular flexibility index (Phi) is 4.55. The molecular formula is C10H16ClNO. The average molecular weight is 202 g/mol. The van der Waals surface area contributed by atoms with Crippen LogP contribution in [0.1, 0.15) is 32.1 Å². The molecule has 2 nitrogen and oxygen atoms in total. The van der Waals surface area contributed by atoms with E-state index in [9.17, 15) is 5.11 Å². The Bertz CT molecular complexity index is 190. The zero-order valence-electron chi connectivity index (χ0n) is 7.75. The number of nitriles is 1. The molecule has 0 amide bonds. The Balaban J connectivity index is 2.30. The average Bonchev–Trinajstić information content (AvgIpc) is 2.47. The third kappa shape index (κ3) is 2.86. The number of hydrogen-bond donors (Lipinski definition) is 1. The molecule has 0 unspecified atom stereocenters. The van der Waals surface area contributed by atoms with E-state index in [-0.39, 0.29) is 12.0 Å². The van der Waals surface area contributed by atoms with Crippen LogP contribution in [0.25, 0.3) is 0 Å². The van der Waals surface area contributed by atoms with Crippen molar-refractivity contribution in [3.63, 3.8) is 0 Å². The van der Waals surface area contributed by atoms with Crippen LogP contribution in [0.4, 0.5) is 0 Å². The Morgan fingerprint density at radius 2 is 2.15 bits per heavy atom. The summed E-state index contributed by atoms with van der Waals surface area (Å²) in [5, 5.41) is 18.3. The first kappa shape index (κ1) is 10.8. The standard InChI is InChI=1S/C10H16ClNO/c11-6-2-1-3-8-4-5-10(13)9(8)7-12/h8-10,13H,1-6H2/t8-,9+,10-/m0/s1. The van der Waals surface area contributed by atoms with Crippen LogP contribution in [-0.4, -0.2) is 17.1 Å². The van der Waals surface area contributed by atoms with Crippen LogP contribution in [0.3, 0.4) is 0 Å². The molecular weight excluding hydrogens is 186 g/mol. The van der Waals surface area contributed by atoms with E-state index < -0.39 is 0 Å². The van der Waals surface area contributed by atoms with Crippen molar-refractivity contribution in [2.45, 2.75) is 38.2 Å². The Morgan fingerprint density at radius 1 is 1.38 bits per heavy atom. The van der Waals surface area contributed by atoms with E-state index in [1.54, 1.807) is 0 Å². The lowest BCUT2D eigenvalue weighted by Gasteiger charge is -2.14. The predicted octanol–water partition coefficient (Wildman–Crippen LogP) is 2.31. The minimum absolute atomic E-state index is 0.129. The molecule has 3 atom stereocenters. The number of hydrogen-bond acceptors (Lipinski definition) is 2. The molecule has 0 aliphatic heterocycles. The van der Waals surface area contributed by atoms with Crippen molar-refractivity contribution in [1.29, 1.82) is 5.26 Å². The molecule has 1 aliphatic rings. The molecule has 0 spiro atoms. The molecule has 13 heavy (non-hydrogen) atoms. The van der Waals surface area contributed by atoms with Crippen LogP contribution < -0.4 is 0 Å². The summed E-state index contributed by atoms with van der Waals surface area (Å²) < 4.78 is 0. The number of nitrogens with zero attached hydrogens (tertiary/aromatic N) is 1. The number of alkyl halides is 1. The monoisotopic (exact) mass is 201 g/mol. The molecule has 0 radical (unpaired) electrons. The summed E-state index contributed by atoms with van der Waals surface area (Å²) in [7, 11) is 0. The maximum absolute atomic E-state index is 9.47. The predicted molar refractivity (Wildman–Crippen MR) is 52.4 cm³/mol. The molecule has 74 valence electrons. The van der Waals surface area contributed by atoms with Crippen LogP contribution in [-0.2, 0) is 0 Å². The number of aliphatic hydroxyl groups is 1. The van der Waals surface area contributed by atoms with Gasteiger partial charge in [0.15, 0.2) is 0 Å². The fraction of sp³-hybridized carbons (Fsp3) is 0.900. The van der Waals surface area contributed by atoms with Gasteiger partial charge in [0.2, 0.25) is 0 Å². The second-order valence-electron chi connectivity index (χ2n) is 3.74. The van der Waals surface area contributed by atoms with E-state index >= 15 is 0 Å². The van der Waals surface area contributed by atoms with Crippen molar-refractivity contribution in [3.8, 4) is 6.07 Å². The Hall–Kier alpha value is -0.260. The topological polar surface area (TPSA) is 44.0 Å². The summed E-state index contributed by atoms with van der Waals surface area (Å²) in [6.07, 6.45) is 4.56. The minimum atomic E-state index is -0.383. The van der Waals surface area contributed by atoms with E-state index in [4.69, 9.17) is 16.9 Å². The molecule has 1 aliphatic carbocycles. The summed E-state index contributed by atoms with van der Waals surface area (Å²) in [5.41, 5.74) is 0. The zero-order chi connectivity index (χ0) is 9.68. The highest BCUT2D eigenvalue weighted by Crippen LogP contribution is 2.34. The molecule has 0 aromatic rings. The highest BCUT2D eigenvalue weighted by molar-refractivity contribution is 6.17. The van der Waals surface area contributed by atoms with Gasteiger partial charge in [-0.15, -0.1) is 11.6 Å². The summed E-state index contributed by atoms with van der Waals surface area (Å²) in [6, 6.07) is 2.21. The maximum atomic E-state index is 9.47. The molecule has 0 saturated heterocycles. The third-order valence-corrected chi connectivity index (χ3v) is 3.13. The first-order valence-corrected chi connectivity index (χ1v) is 5.46. The van der Waals surface area contributed by atoms with Crippen molar-refractivity contribution in [2.24, 2.45) is 11.8 Å². The van der Waals surface area contributed by atoms with E-state index in [1.807, 2.05) is 0 Å². The van der Waals surface area contributed by atoms with Gasteiger partial charge in [-0.2, -0.15) is 5.26 Å². The lowest BCUT2D eigenvalue weighted by Crippen LogP contribution is -2.17. The molecule has 1 fully saturated rings. The second kappa shape index (κ2) is 5.47. The molecule has 1 rings (SSSR count). The number of unbranched alkanes of at least 4 members (excludes halogenated alkanes) is 1. The smallest absolute Gasteiger partial charge is 0.0750 e. The molecule has 0 aromatic carbocycles. The zero-order valence-corrected chi connectivity index (χ0v) is 8.50. The van der Waals surface area contributed by atoms with Crippen molar-refractivity contribution >= 4 is 11.6 Å². The normalized spacial score (nSPS) is 33.2. The van der Waals surface area contributed by atoms with E-state index in [2.05, 4.69) is 6.07 Å². The lowest BCUT2D eigenvalue weighted by atomic mass is 9.91. The van der Waals surface area contributed by atoms with Gasteiger partial charge in [0.1, 0.15) is 0 Å². The molecule has 1 saturated carbocycles. The van der Waals surface area contributed by atoms with Gasteiger partial charge in [-0.05, 0) is 31.6 Å². The van der Waals surface area contributed by atoms with Crippen molar-refractivity contribution in [1.82, 2.24) is 0 Å². The van der Waals surface area contributed by atoms with E-state index in [0.29, 0.717) is 11.8 Å². The Labute approximate surface area is 84.5 Å². The van der Waals surface area contributed by atoms with Gasteiger partial charge in [-0.1, -0.05) is 6.42 Å². The van der Waals surface area contributed by atoms with Gasteiger partial charge in [0, 0.05) is 5.88 Å². The molecule has 0 bridgehead atoms. The summed E-state index contributed by atoms with van der Waals surface area (Å²) in [6.45, 7) is 0. The summed E-state index contributed by atoms with van der Waals surface area (Å²) in [4.78, 5) is 0. The number of aliphatic hydroxyl groups excluding tert-OH is 1. The van der Waals surface area contributed by atoms with Gasteiger partial charge in [0.05, 0.1) is 18.1 Å². The van der Waals surface area contributed by atoms with Crippen LogP contribution in [0.15, 0.2) is 0 Å². The molecule has 0 heterocycles. The highest BCUT2D eigenvalue weighted by Gasteiger charge is 2.34. The third-order valence-electron chi connectivity index (χ3n) is 2.86. The van der Waals surface area contributed by atoms with Gasteiger partial charge < -0.3 is 5.11 Å². The second-order valence-corrected chi connectivity index (χ2v) is 4.12. The number of rotatable bonds is 4. The van der Waals surface area contributed by atoms with Gasteiger partial charge in [-0.3, -0.25) is 0 Å².